The van der Waals surface area contributed by atoms with Gasteiger partial charge in [0.25, 0.3) is 0 Å². The summed E-state index contributed by atoms with van der Waals surface area (Å²) >= 11 is 0. The summed E-state index contributed by atoms with van der Waals surface area (Å²) in [5.74, 6) is -12.4. The van der Waals surface area contributed by atoms with Crippen LogP contribution < -0.4 is 68.8 Å². The van der Waals surface area contributed by atoms with E-state index in [-0.39, 0.29) is 86.7 Å². The quantitative estimate of drug-likeness (QED) is 0.0510. The smallest absolute Gasteiger partial charge is 0.249 e. The maximum absolute atomic E-state index is 16.4. The molecule has 2 aromatic heterocycles. The van der Waals surface area contributed by atoms with Crippen LogP contribution in [0.25, 0.3) is 21.8 Å². The summed E-state index contributed by atoms with van der Waals surface area (Å²) in [5.41, 5.74) is 10.1. The molecule has 12 amide bonds. The molecule has 6 aromatic rings. The minimum Gasteiger partial charge on any atom is -0.497 e. The van der Waals surface area contributed by atoms with E-state index in [0.717, 1.165) is 11.8 Å². The second-order valence-corrected chi connectivity index (χ2v) is 28.8. The van der Waals surface area contributed by atoms with Crippen LogP contribution >= 0.6 is 0 Å². The van der Waals surface area contributed by atoms with Gasteiger partial charge >= 0.3 is 0 Å². The number of aliphatic hydroxyl groups is 1. The lowest BCUT2D eigenvalue weighted by Crippen LogP contribution is -2.65. The number of unbranched alkanes of at least 4 members (excludes halogenated alkanes) is 1. The van der Waals surface area contributed by atoms with E-state index in [1.54, 1.807) is 62.4 Å². The number of alkyl halides is 1. The van der Waals surface area contributed by atoms with Crippen molar-refractivity contribution in [3.63, 3.8) is 0 Å². The zero-order valence-corrected chi connectivity index (χ0v) is 61.7. The number of halogens is 3. The molecule has 4 aromatic carbocycles. The fourth-order valence-corrected chi connectivity index (χ4v) is 13.8. The number of primary amides is 1. The van der Waals surface area contributed by atoms with E-state index in [9.17, 15) is 48.3 Å². The number of hydrogen-bond acceptors (Lipinski definition) is 16. The first-order valence-electron chi connectivity index (χ1n) is 36.3. The molecular weight excluding hydrogens is 1420 g/mol. The fourth-order valence-electron chi connectivity index (χ4n) is 13.8. The van der Waals surface area contributed by atoms with Gasteiger partial charge in [0.1, 0.15) is 95.3 Å². The minimum absolute atomic E-state index is 0.0164. The molecule has 4 aliphatic rings. The van der Waals surface area contributed by atoms with Gasteiger partial charge in [-0.05, 0) is 149 Å². The van der Waals surface area contributed by atoms with Crippen LogP contribution in [0.3, 0.4) is 0 Å². The van der Waals surface area contributed by atoms with E-state index >= 15 is 27.6 Å². The zero-order chi connectivity index (χ0) is 79.2. The number of carbonyl (C=O) groups is 12. The molecular formula is C76H96F3N15O15. The summed E-state index contributed by atoms with van der Waals surface area (Å²) in [7, 11) is 1.45. The molecule has 0 radical (unpaired) electrons. The number of methoxy groups -OCH3 is 1. The number of rotatable bonds is 15. The molecule has 16 N–H and O–H groups in total. The van der Waals surface area contributed by atoms with E-state index in [1.807, 2.05) is 0 Å². The molecule has 2 saturated heterocycles. The molecule has 0 spiro atoms. The van der Waals surface area contributed by atoms with Crippen LogP contribution in [0, 0.1) is 17.6 Å². The molecule has 109 heavy (non-hydrogen) atoms. The van der Waals surface area contributed by atoms with Crippen molar-refractivity contribution >= 4 is 92.7 Å². The van der Waals surface area contributed by atoms with Gasteiger partial charge in [0.15, 0.2) is 0 Å². The van der Waals surface area contributed by atoms with Crippen LogP contribution in [0.2, 0.25) is 0 Å². The first-order valence-corrected chi connectivity index (χ1v) is 36.3. The third kappa shape index (κ3) is 20.6. The number of hydrogen-bond donors (Lipinski definition) is 14. The van der Waals surface area contributed by atoms with Crippen LogP contribution in [-0.2, 0) is 83.2 Å². The number of nitrogens with one attached hydrogen (secondary N) is 11. The molecule has 33 heteroatoms. The maximum atomic E-state index is 16.4. The molecule has 30 nitrogen and oxygen atoms in total. The van der Waals surface area contributed by atoms with Gasteiger partial charge in [0.05, 0.1) is 32.7 Å². The van der Waals surface area contributed by atoms with E-state index < -0.39 is 192 Å². The number of nitrogens with zero attached hydrogens (tertiary/aromatic N) is 2. The molecule has 586 valence electrons. The molecule has 10 rings (SSSR count). The number of ether oxygens (including phenoxy) is 2. The van der Waals surface area contributed by atoms with Crippen LogP contribution in [-0.4, -0.2) is 207 Å². The third-order valence-corrected chi connectivity index (χ3v) is 20.0. The molecule has 6 heterocycles. The first kappa shape index (κ1) is 82.0. The monoisotopic (exact) mass is 1520 g/mol. The van der Waals surface area contributed by atoms with E-state index in [1.165, 1.54) is 81.6 Å². The summed E-state index contributed by atoms with van der Waals surface area (Å²) in [5, 5.41) is 35.6. The number of nitrogens with two attached hydrogens (primary N) is 2. The Balaban J connectivity index is 1.08. The van der Waals surface area contributed by atoms with Crippen molar-refractivity contribution in [1.29, 1.82) is 0 Å². The van der Waals surface area contributed by atoms with E-state index in [2.05, 4.69) is 57.8 Å². The molecule has 2 bridgehead atoms. The van der Waals surface area contributed by atoms with Gasteiger partial charge in [0, 0.05) is 78.8 Å². The Kier molecular flexibility index (Phi) is 27.2. The standard InChI is InChI=1S/C76H96F3N15O15/c1-40(2)65(98)87-59-35-62(96)82-26-28-109-51-20-14-43(15-21-51)29-57(64(81)97)90-73(106)76(6)24-10-27-94(76)72(105)60(30-44-12-18-50(108-7)19-13-44)89-71(104)63(42(4)95)91-70(103)61-34-49(79)39-93(61)74(107)75(5,36-46-38-84-55-23-17-48(78)33-53(46)55)92-69(102)58(31-45-37-83-54-22-16-47(77)32-52(45)54)88-66(99)41(3)85-67(100)56(86-68(59)101)11-8-9-25-80/h12-23,32-33,37-38,40-42,49,56-61,63,83-84,95H,8-11,24-31,34-36,39,80H2,1-7H3,(H2,81,97)(H,82,96)(H,85,100)(H,86,101)(H,87,98)(H,88,99)(H,89,104)(H,90,106)(H,91,103)(H,92,102)/t41-,42-,49+,56-,57+,58-,59+,60+,61+,63+,75+,76+/m1/s1. The van der Waals surface area contributed by atoms with Gasteiger partial charge in [-0.1, -0.05) is 38.1 Å². The van der Waals surface area contributed by atoms with Gasteiger partial charge in [-0.15, -0.1) is 0 Å². The van der Waals surface area contributed by atoms with Crippen LogP contribution in [0.1, 0.15) is 109 Å². The SMILES string of the molecule is COc1ccc(C[C@@H]2NC(=O)[C@H]([C@@H](C)O)NC(=O)[C@@H]3C[C@H](F)CN3C(=O)[C@](C)(Cc3c[nH]c4ccc(F)cc34)NC(=O)[C@@H](Cc3c[nH]c4ccc(F)cc34)NC(=O)[C@@H](C)NC(=O)[C@@H](CCCCN)NC(=O)[C@@H](NC(=O)C(C)C)CC(=O)NCCOc3ccc(cc3)C[C@@H](C(N)=O)NC(=O)[C@]3(C)CCCN3C2=O)cc1. The van der Waals surface area contributed by atoms with Crippen LogP contribution in [0.15, 0.2) is 97.3 Å². The van der Waals surface area contributed by atoms with Gasteiger partial charge in [0.2, 0.25) is 70.9 Å². The minimum atomic E-state index is -2.30. The molecule has 0 aliphatic carbocycles. The number of aliphatic hydroxyl groups excluding tert-OH is 1. The first-order chi connectivity index (χ1) is 51.8. The van der Waals surface area contributed by atoms with E-state index in [4.69, 9.17) is 20.9 Å². The summed E-state index contributed by atoms with van der Waals surface area (Å²) in [6, 6.07) is 7.54. The second-order valence-electron chi connectivity index (χ2n) is 28.8. The normalized spacial score (nSPS) is 25.6. The van der Waals surface area contributed by atoms with Gasteiger partial charge in [-0.2, -0.15) is 0 Å². The average molecular weight is 1520 g/mol. The lowest BCUT2D eigenvalue weighted by atomic mass is 9.89. The largest absolute Gasteiger partial charge is 0.497 e. The Morgan fingerprint density at radius 2 is 1.38 bits per heavy atom. The summed E-state index contributed by atoms with van der Waals surface area (Å²) in [6.07, 6.45) is -2.50. The molecule has 0 unspecified atom stereocenters. The van der Waals surface area contributed by atoms with Crippen molar-refractivity contribution in [2.45, 2.75) is 184 Å². The van der Waals surface area contributed by atoms with Crippen molar-refractivity contribution in [1.82, 2.24) is 67.6 Å². The number of fused-ring (bicyclic) bond motifs is 32. The predicted molar refractivity (Wildman–Crippen MR) is 393 cm³/mol. The summed E-state index contributed by atoms with van der Waals surface area (Å²) in [4.78, 5) is 183. The molecule has 2 fully saturated rings. The number of aromatic nitrogens is 2. The maximum Gasteiger partial charge on any atom is 0.249 e. The average Bonchev–Trinajstić information content (AvgIpc) is 1.54. The predicted octanol–water partition coefficient (Wildman–Crippen LogP) is 1.36. The van der Waals surface area contributed by atoms with Gasteiger partial charge in [-0.3, -0.25) is 57.5 Å². The van der Waals surface area contributed by atoms with Crippen LogP contribution in [0.4, 0.5) is 13.2 Å². The summed E-state index contributed by atoms with van der Waals surface area (Å²) in [6.45, 7) is 7.47. The van der Waals surface area contributed by atoms with Crippen molar-refractivity contribution < 1.29 is 85.3 Å². The number of benzene rings is 4. The Labute approximate surface area is 626 Å². The lowest BCUT2D eigenvalue weighted by Gasteiger charge is -2.38. The Bertz CT molecular complexity index is 4350. The zero-order valence-electron chi connectivity index (χ0n) is 61.7. The number of amides is 12. The number of aromatic amines is 2. The number of H-pyrrole nitrogens is 2. The lowest BCUT2D eigenvalue weighted by molar-refractivity contribution is -0.148. The highest BCUT2D eigenvalue weighted by molar-refractivity contribution is 6.02. The third-order valence-electron chi connectivity index (χ3n) is 20.0. The van der Waals surface area contributed by atoms with Crippen molar-refractivity contribution in [3.8, 4) is 11.5 Å². The molecule has 12 atom stereocenters. The van der Waals surface area contributed by atoms with Crippen molar-refractivity contribution in [2.24, 2.45) is 17.4 Å². The Morgan fingerprint density at radius 3 is 2.01 bits per heavy atom. The highest BCUT2D eigenvalue weighted by Crippen LogP contribution is 2.33. The second kappa shape index (κ2) is 36.2. The molecule has 0 saturated carbocycles. The summed E-state index contributed by atoms with van der Waals surface area (Å²) < 4.78 is 57.8. The highest BCUT2D eigenvalue weighted by Gasteiger charge is 2.51. The van der Waals surface area contributed by atoms with E-state index in [0.29, 0.717) is 40.1 Å². The topological polar surface area (TPSA) is 442 Å². The van der Waals surface area contributed by atoms with Crippen molar-refractivity contribution in [2.75, 3.05) is 39.9 Å². The van der Waals surface area contributed by atoms with Gasteiger partial charge in [-0.25, -0.2) is 13.2 Å². The Hall–Kier alpha value is -11.1. The van der Waals surface area contributed by atoms with Crippen molar-refractivity contribution in [3.05, 3.63) is 131 Å². The number of carbonyl (C=O) groups excluding carboxylic acids is 12. The Morgan fingerprint density at radius 1 is 0.734 bits per heavy atom. The van der Waals surface area contributed by atoms with Crippen LogP contribution in [0.5, 0.6) is 11.5 Å². The highest BCUT2D eigenvalue weighted by atomic mass is 19.1. The fraction of sp³-hybridized carbons (Fsp3) is 0.474. The molecule has 4 aliphatic heterocycles. The van der Waals surface area contributed by atoms with Gasteiger partial charge < -0.3 is 93.7 Å².